The Morgan fingerprint density at radius 3 is 2.45 bits per heavy atom. The molecule has 4 nitrogen and oxygen atoms in total. The molecule has 0 amide bonds. The van der Waals surface area contributed by atoms with Crippen LogP contribution in [0.4, 0.5) is 0 Å². The maximum absolute atomic E-state index is 13.7. The maximum Gasteiger partial charge on any atom is 0.267 e. The van der Waals surface area contributed by atoms with Crippen LogP contribution in [-0.2, 0) is 12.8 Å². The molecular weight excluding hydrogens is 424 g/mol. The number of carbonyl (C=O) groups excluding carboxylic acids is 1. The van der Waals surface area contributed by atoms with Gasteiger partial charge >= 0.3 is 0 Å². The van der Waals surface area contributed by atoms with E-state index >= 15 is 0 Å². The average Bonchev–Trinajstić information content (AvgIpc) is 3.18. The Balaban J connectivity index is 1.64. The number of Topliss-reactive ketones (excluding diaryl/α,β-unsaturated/α-hetero) is 1. The molecule has 2 aromatic carbocycles. The first kappa shape index (κ1) is 20.2. The summed E-state index contributed by atoms with van der Waals surface area (Å²) < 4.78 is 1.68. The van der Waals surface area contributed by atoms with E-state index in [0.717, 1.165) is 41.6 Å². The molecule has 0 spiro atoms. The van der Waals surface area contributed by atoms with Crippen LogP contribution in [0.3, 0.4) is 0 Å². The first-order valence-corrected chi connectivity index (χ1v) is 12.2. The summed E-state index contributed by atoms with van der Waals surface area (Å²) in [5.41, 5.74) is 2.60. The fourth-order valence-electron chi connectivity index (χ4n) is 4.12. The third-order valence-corrected chi connectivity index (χ3v) is 7.92. The van der Waals surface area contributed by atoms with E-state index in [4.69, 9.17) is 4.98 Å². The highest BCUT2D eigenvalue weighted by Crippen LogP contribution is 2.36. The minimum Gasteiger partial charge on any atom is -0.293 e. The van der Waals surface area contributed by atoms with Gasteiger partial charge in [0.1, 0.15) is 4.83 Å². The van der Waals surface area contributed by atoms with Gasteiger partial charge in [-0.05, 0) is 50.3 Å². The van der Waals surface area contributed by atoms with Gasteiger partial charge < -0.3 is 0 Å². The highest BCUT2D eigenvalue weighted by Gasteiger charge is 2.25. The number of fused-ring (bicyclic) bond motifs is 3. The number of aromatic nitrogens is 2. The van der Waals surface area contributed by atoms with Crippen LogP contribution in [0.15, 0.2) is 70.6 Å². The molecule has 0 saturated carbocycles. The van der Waals surface area contributed by atoms with Crippen molar-refractivity contribution in [3.05, 3.63) is 87.0 Å². The quantitative estimate of drug-likeness (QED) is 0.224. The number of nitrogens with zero attached hydrogens (tertiary/aromatic N) is 2. The van der Waals surface area contributed by atoms with Crippen molar-refractivity contribution in [1.29, 1.82) is 0 Å². The van der Waals surface area contributed by atoms with Crippen molar-refractivity contribution in [3.63, 3.8) is 0 Å². The summed E-state index contributed by atoms with van der Waals surface area (Å²) in [4.78, 5) is 33.7. The lowest BCUT2D eigenvalue weighted by molar-refractivity contribution is 0.0994. The van der Waals surface area contributed by atoms with Gasteiger partial charge in [0.15, 0.2) is 10.9 Å². The predicted molar refractivity (Wildman–Crippen MR) is 128 cm³/mol. The maximum atomic E-state index is 13.7. The van der Waals surface area contributed by atoms with Gasteiger partial charge in [-0.25, -0.2) is 4.98 Å². The number of aryl methyl sites for hydroxylation is 2. The summed E-state index contributed by atoms with van der Waals surface area (Å²) in [6.07, 6.45) is 4.24. The van der Waals surface area contributed by atoms with Gasteiger partial charge in [0.25, 0.3) is 5.56 Å². The Hall–Kier alpha value is -2.70. The number of thioether (sulfide) groups is 1. The number of thiophene rings is 1. The third-order valence-electron chi connectivity index (χ3n) is 5.68. The standard InChI is InChI=1S/C25H22N2O2S2/c1-16(22(28)17-10-4-2-5-11-17)30-25-26-23-21(19-14-8-9-15-20(19)31-23)24(29)27(25)18-12-6-3-7-13-18/h2-7,10-13,16H,8-9,14-15H2,1H3. The lowest BCUT2D eigenvalue weighted by Gasteiger charge is -2.16. The Bertz CT molecular complexity index is 1310. The van der Waals surface area contributed by atoms with Gasteiger partial charge in [0, 0.05) is 10.4 Å². The molecule has 2 aromatic heterocycles. The van der Waals surface area contributed by atoms with Crippen molar-refractivity contribution >= 4 is 39.1 Å². The van der Waals surface area contributed by atoms with E-state index < -0.39 is 0 Å². The Kier molecular flexibility index (Phi) is 5.50. The van der Waals surface area contributed by atoms with Crippen molar-refractivity contribution in [2.24, 2.45) is 0 Å². The molecule has 0 radical (unpaired) electrons. The van der Waals surface area contributed by atoms with Gasteiger partial charge in [-0.3, -0.25) is 14.2 Å². The number of rotatable bonds is 5. The minimum atomic E-state index is -0.365. The van der Waals surface area contributed by atoms with Crippen LogP contribution in [-0.4, -0.2) is 20.6 Å². The first-order chi connectivity index (χ1) is 15.1. The second kappa shape index (κ2) is 8.44. The largest absolute Gasteiger partial charge is 0.293 e. The Morgan fingerprint density at radius 1 is 1.03 bits per heavy atom. The van der Waals surface area contributed by atoms with Gasteiger partial charge in [0.05, 0.1) is 16.3 Å². The molecule has 0 fully saturated rings. The van der Waals surface area contributed by atoms with Gasteiger partial charge in [-0.2, -0.15) is 0 Å². The second-order valence-electron chi connectivity index (χ2n) is 7.75. The smallest absolute Gasteiger partial charge is 0.267 e. The van der Waals surface area contributed by atoms with E-state index in [2.05, 4.69) is 0 Å². The van der Waals surface area contributed by atoms with E-state index in [0.29, 0.717) is 10.7 Å². The molecule has 6 heteroatoms. The Labute approximate surface area is 189 Å². The monoisotopic (exact) mass is 446 g/mol. The number of hydrogen-bond donors (Lipinski definition) is 0. The van der Waals surface area contributed by atoms with Crippen molar-refractivity contribution < 1.29 is 4.79 Å². The molecular formula is C25H22N2O2S2. The molecule has 0 bridgehead atoms. The second-order valence-corrected chi connectivity index (χ2v) is 10.1. The number of carbonyl (C=O) groups is 1. The lowest BCUT2D eigenvalue weighted by Crippen LogP contribution is -2.24. The zero-order valence-corrected chi connectivity index (χ0v) is 18.8. The SMILES string of the molecule is CC(Sc1nc2sc3c(c2c(=O)n1-c1ccccc1)CCCC3)C(=O)c1ccccc1. The van der Waals surface area contributed by atoms with E-state index in [1.54, 1.807) is 15.9 Å². The number of benzene rings is 2. The van der Waals surface area contributed by atoms with Crippen LogP contribution >= 0.6 is 23.1 Å². The van der Waals surface area contributed by atoms with Crippen LogP contribution in [0, 0.1) is 0 Å². The summed E-state index contributed by atoms with van der Waals surface area (Å²) in [5, 5.41) is 0.963. The van der Waals surface area contributed by atoms with E-state index in [1.165, 1.54) is 22.2 Å². The fraction of sp³-hybridized carbons (Fsp3) is 0.240. The van der Waals surface area contributed by atoms with E-state index in [1.807, 2.05) is 67.6 Å². The van der Waals surface area contributed by atoms with E-state index in [-0.39, 0.29) is 16.6 Å². The van der Waals surface area contributed by atoms with Crippen molar-refractivity contribution in [3.8, 4) is 5.69 Å². The molecule has 156 valence electrons. The molecule has 1 atom stereocenters. The van der Waals surface area contributed by atoms with E-state index in [9.17, 15) is 9.59 Å². The molecule has 2 heterocycles. The Morgan fingerprint density at radius 2 is 1.71 bits per heavy atom. The number of para-hydroxylation sites is 1. The molecule has 0 aliphatic heterocycles. The molecule has 5 rings (SSSR count). The zero-order chi connectivity index (χ0) is 21.4. The predicted octanol–water partition coefficient (Wildman–Crippen LogP) is 5.69. The van der Waals surface area contributed by atoms with Gasteiger partial charge in [0.2, 0.25) is 0 Å². The van der Waals surface area contributed by atoms with Gasteiger partial charge in [-0.15, -0.1) is 11.3 Å². The highest BCUT2D eigenvalue weighted by atomic mass is 32.2. The van der Waals surface area contributed by atoms with Crippen LogP contribution in [0.5, 0.6) is 0 Å². The topological polar surface area (TPSA) is 52.0 Å². The summed E-state index contributed by atoms with van der Waals surface area (Å²) in [6, 6.07) is 18.9. The van der Waals surface area contributed by atoms with Crippen LogP contribution in [0.1, 0.15) is 40.6 Å². The normalized spacial score (nSPS) is 14.4. The summed E-state index contributed by atoms with van der Waals surface area (Å²) in [5.74, 6) is 0.0324. The summed E-state index contributed by atoms with van der Waals surface area (Å²) in [7, 11) is 0. The van der Waals surface area contributed by atoms with Crippen LogP contribution < -0.4 is 5.56 Å². The molecule has 1 aliphatic rings. The third kappa shape index (κ3) is 3.75. The first-order valence-electron chi connectivity index (χ1n) is 10.5. The fourth-order valence-corrected chi connectivity index (χ4v) is 6.43. The summed E-state index contributed by atoms with van der Waals surface area (Å²) >= 11 is 2.99. The molecule has 1 unspecified atom stereocenters. The van der Waals surface area contributed by atoms with Crippen LogP contribution in [0.25, 0.3) is 15.9 Å². The number of ketones is 1. The number of hydrogen-bond acceptors (Lipinski definition) is 5. The van der Waals surface area contributed by atoms with Crippen LogP contribution in [0.2, 0.25) is 0 Å². The minimum absolute atomic E-state index is 0.0301. The lowest BCUT2D eigenvalue weighted by atomic mass is 9.97. The molecule has 1 aliphatic carbocycles. The summed E-state index contributed by atoms with van der Waals surface area (Å²) in [6.45, 7) is 1.88. The zero-order valence-electron chi connectivity index (χ0n) is 17.2. The molecule has 31 heavy (non-hydrogen) atoms. The average molecular weight is 447 g/mol. The van der Waals surface area contributed by atoms with Crippen molar-refractivity contribution in [2.75, 3.05) is 0 Å². The highest BCUT2D eigenvalue weighted by molar-refractivity contribution is 8.00. The van der Waals surface area contributed by atoms with Gasteiger partial charge in [-0.1, -0.05) is 60.3 Å². The van der Waals surface area contributed by atoms with Crippen molar-refractivity contribution in [1.82, 2.24) is 9.55 Å². The molecule has 4 aromatic rings. The molecule has 0 saturated heterocycles. The van der Waals surface area contributed by atoms with Crippen molar-refractivity contribution in [2.45, 2.75) is 43.0 Å². The molecule has 0 N–H and O–H groups in total.